The number of nitrogens with one attached hydrogen (secondary N) is 1. The Balaban J connectivity index is 2.06. The van der Waals surface area contributed by atoms with Crippen molar-refractivity contribution in [2.45, 2.75) is 13.0 Å². The SMILES string of the molecule is COCCOC(=O)C1=C(C)N(c2ccccc2)C(=S)NC1c1cccc(OC)c1. The lowest BCUT2D eigenvalue weighted by atomic mass is 9.94. The number of hydrogen-bond acceptors (Lipinski definition) is 5. The van der Waals surface area contributed by atoms with Gasteiger partial charge >= 0.3 is 5.97 Å². The molecule has 2 aromatic rings. The smallest absolute Gasteiger partial charge is 0.338 e. The van der Waals surface area contributed by atoms with Crippen LogP contribution in [0.5, 0.6) is 5.75 Å². The van der Waals surface area contributed by atoms with Gasteiger partial charge in [-0.1, -0.05) is 30.3 Å². The van der Waals surface area contributed by atoms with Crippen molar-refractivity contribution in [1.29, 1.82) is 0 Å². The molecule has 0 bridgehead atoms. The number of carbonyl (C=O) groups is 1. The number of benzene rings is 2. The fourth-order valence-electron chi connectivity index (χ4n) is 3.26. The van der Waals surface area contributed by atoms with Crippen LogP contribution >= 0.6 is 12.2 Å². The molecule has 7 heteroatoms. The first kappa shape index (κ1) is 20.8. The standard InChI is InChI=1S/C22H24N2O4S/c1-15-19(21(25)28-13-12-26-2)20(16-8-7-11-18(14-16)27-3)23-22(29)24(15)17-9-5-4-6-10-17/h4-11,14,20H,12-13H2,1-3H3,(H,23,29). The molecule has 0 saturated heterocycles. The van der Waals surface area contributed by atoms with Crippen LogP contribution in [0.25, 0.3) is 0 Å². The molecule has 1 aliphatic heterocycles. The summed E-state index contributed by atoms with van der Waals surface area (Å²) < 4.78 is 15.8. The molecule has 29 heavy (non-hydrogen) atoms. The lowest BCUT2D eigenvalue weighted by Gasteiger charge is -2.37. The first-order valence-corrected chi connectivity index (χ1v) is 9.64. The van der Waals surface area contributed by atoms with Crippen LogP contribution in [-0.2, 0) is 14.3 Å². The van der Waals surface area contributed by atoms with Crippen LogP contribution in [0.4, 0.5) is 5.69 Å². The topological polar surface area (TPSA) is 60.0 Å². The van der Waals surface area contributed by atoms with Crippen molar-refractivity contribution in [3.63, 3.8) is 0 Å². The Morgan fingerprint density at radius 1 is 1.10 bits per heavy atom. The van der Waals surface area contributed by atoms with Crippen molar-refractivity contribution in [1.82, 2.24) is 5.32 Å². The number of anilines is 1. The lowest BCUT2D eigenvalue weighted by molar-refractivity contribution is -0.140. The normalized spacial score (nSPS) is 16.4. The molecule has 1 unspecified atom stereocenters. The van der Waals surface area contributed by atoms with Crippen molar-refractivity contribution in [3.05, 3.63) is 71.4 Å². The molecule has 6 nitrogen and oxygen atoms in total. The highest BCUT2D eigenvalue weighted by Gasteiger charge is 2.35. The van der Waals surface area contributed by atoms with E-state index >= 15 is 0 Å². The second-order valence-electron chi connectivity index (χ2n) is 6.46. The number of rotatable bonds is 7. The fraction of sp³-hybridized carbons (Fsp3) is 0.273. The lowest BCUT2D eigenvalue weighted by Crippen LogP contribution is -2.48. The third-order valence-electron chi connectivity index (χ3n) is 4.67. The van der Waals surface area contributed by atoms with Gasteiger partial charge in [0.25, 0.3) is 0 Å². The summed E-state index contributed by atoms with van der Waals surface area (Å²) in [7, 11) is 3.17. The summed E-state index contributed by atoms with van der Waals surface area (Å²) in [5, 5.41) is 3.81. The monoisotopic (exact) mass is 412 g/mol. The number of esters is 1. The van der Waals surface area contributed by atoms with Crippen LogP contribution < -0.4 is 15.0 Å². The second kappa shape index (κ2) is 9.54. The largest absolute Gasteiger partial charge is 0.497 e. The number of nitrogens with zero attached hydrogens (tertiary/aromatic N) is 1. The van der Waals surface area contributed by atoms with Crippen LogP contribution in [-0.4, -0.2) is 38.5 Å². The quantitative estimate of drug-likeness (QED) is 0.424. The molecule has 0 amide bonds. The molecular weight excluding hydrogens is 388 g/mol. The highest BCUT2D eigenvalue weighted by Crippen LogP contribution is 2.35. The summed E-state index contributed by atoms with van der Waals surface area (Å²) in [6.45, 7) is 2.38. The summed E-state index contributed by atoms with van der Waals surface area (Å²) in [4.78, 5) is 14.9. The van der Waals surface area contributed by atoms with Crippen molar-refractivity contribution in [3.8, 4) is 5.75 Å². The average molecular weight is 413 g/mol. The second-order valence-corrected chi connectivity index (χ2v) is 6.84. The van der Waals surface area contributed by atoms with E-state index in [1.807, 2.05) is 66.4 Å². The van der Waals surface area contributed by atoms with Gasteiger partial charge in [-0.25, -0.2) is 4.79 Å². The van der Waals surface area contributed by atoms with E-state index in [4.69, 9.17) is 26.4 Å². The summed E-state index contributed by atoms with van der Waals surface area (Å²) >= 11 is 5.65. The van der Waals surface area contributed by atoms with E-state index in [0.717, 1.165) is 16.9 Å². The number of methoxy groups -OCH3 is 2. The Morgan fingerprint density at radius 2 is 1.86 bits per heavy atom. The predicted molar refractivity (Wildman–Crippen MR) is 116 cm³/mol. The Hall–Kier alpha value is -2.90. The Kier molecular flexibility index (Phi) is 6.85. The van der Waals surface area contributed by atoms with E-state index in [-0.39, 0.29) is 6.61 Å². The first-order chi connectivity index (χ1) is 14.1. The number of allylic oxidation sites excluding steroid dienone is 1. The van der Waals surface area contributed by atoms with Crippen LogP contribution in [0.3, 0.4) is 0 Å². The summed E-state index contributed by atoms with van der Waals surface area (Å²) in [5.74, 6) is 0.286. The highest BCUT2D eigenvalue weighted by atomic mass is 32.1. The van der Waals surface area contributed by atoms with Crippen molar-refractivity contribution in [2.75, 3.05) is 32.3 Å². The minimum atomic E-state index is -0.451. The van der Waals surface area contributed by atoms with E-state index in [2.05, 4.69) is 5.32 Å². The molecule has 0 spiro atoms. The van der Waals surface area contributed by atoms with Gasteiger partial charge in [-0.05, 0) is 49.0 Å². The molecular formula is C22H24N2O4S. The van der Waals surface area contributed by atoms with Gasteiger partial charge in [0.05, 0.1) is 25.3 Å². The molecule has 1 N–H and O–H groups in total. The van der Waals surface area contributed by atoms with E-state index in [1.54, 1.807) is 14.2 Å². The van der Waals surface area contributed by atoms with E-state index in [9.17, 15) is 4.79 Å². The van der Waals surface area contributed by atoms with Gasteiger partial charge in [-0.3, -0.25) is 4.90 Å². The summed E-state index contributed by atoms with van der Waals surface area (Å²) in [6.07, 6.45) is 0. The molecule has 152 valence electrons. The van der Waals surface area contributed by atoms with Crippen molar-refractivity contribution in [2.24, 2.45) is 0 Å². The summed E-state index contributed by atoms with van der Waals surface area (Å²) in [6, 6.07) is 16.8. The summed E-state index contributed by atoms with van der Waals surface area (Å²) in [5.41, 5.74) is 2.94. The van der Waals surface area contributed by atoms with E-state index < -0.39 is 12.0 Å². The molecule has 0 aliphatic carbocycles. The number of para-hydroxylation sites is 1. The van der Waals surface area contributed by atoms with E-state index in [1.165, 1.54) is 0 Å². The van der Waals surface area contributed by atoms with Crippen molar-refractivity contribution >= 4 is 29.0 Å². The molecule has 0 radical (unpaired) electrons. The molecule has 0 aromatic heterocycles. The minimum absolute atomic E-state index is 0.173. The van der Waals surface area contributed by atoms with Gasteiger partial charge in [-0.2, -0.15) is 0 Å². The maximum absolute atomic E-state index is 13.0. The van der Waals surface area contributed by atoms with Crippen LogP contribution in [0.2, 0.25) is 0 Å². The van der Waals surface area contributed by atoms with Crippen molar-refractivity contribution < 1.29 is 19.0 Å². The molecule has 2 aromatic carbocycles. The zero-order valence-corrected chi connectivity index (χ0v) is 17.5. The Labute approximate surface area is 176 Å². The maximum Gasteiger partial charge on any atom is 0.338 e. The Bertz CT molecular complexity index is 914. The van der Waals surface area contributed by atoms with Gasteiger partial charge in [0.15, 0.2) is 5.11 Å². The molecule has 0 saturated carbocycles. The first-order valence-electron chi connectivity index (χ1n) is 9.23. The van der Waals surface area contributed by atoms with Gasteiger partial charge in [0.2, 0.25) is 0 Å². The molecule has 1 atom stereocenters. The molecule has 1 aliphatic rings. The minimum Gasteiger partial charge on any atom is -0.497 e. The van der Waals surface area contributed by atoms with Crippen LogP contribution in [0.15, 0.2) is 65.9 Å². The molecule has 1 heterocycles. The van der Waals surface area contributed by atoms with Crippen LogP contribution in [0.1, 0.15) is 18.5 Å². The number of thiocarbonyl (C=S) groups is 1. The average Bonchev–Trinajstić information content (AvgIpc) is 2.74. The third kappa shape index (κ3) is 4.58. The zero-order chi connectivity index (χ0) is 20.8. The molecule has 3 rings (SSSR count). The number of ether oxygens (including phenoxy) is 3. The third-order valence-corrected chi connectivity index (χ3v) is 4.97. The number of hydrogen-bond donors (Lipinski definition) is 1. The van der Waals surface area contributed by atoms with Gasteiger partial charge in [-0.15, -0.1) is 0 Å². The van der Waals surface area contributed by atoms with Gasteiger partial charge in [0.1, 0.15) is 12.4 Å². The zero-order valence-electron chi connectivity index (χ0n) is 16.7. The Morgan fingerprint density at radius 3 is 2.55 bits per heavy atom. The highest BCUT2D eigenvalue weighted by molar-refractivity contribution is 7.80. The number of carbonyl (C=O) groups excluding carboxylic acids is 1. The van der Waals surface area contributed by atoms with Gasteiger partial charge < -0.3 is 19.5 Å². The van der Waals surface area contributed by atoms with Gasteiger partial charge in [0, 0.05) is 18.5 Å². The van der Waals surface area contributed by atoms with E-state index in [0.29, 0.717) is 23.0 Å². The predicted octanol–water partition coefficient (Wildman–Crippen LogP) is 3.59. The molecule has 0 fully saturated rings. The fourth-order valence-corrected chi connectivity index (χ4v) is 3.62. The maximum atomic E-state index is 13.0. The van der Waals surface area contributed by atoms with Crippen LogP contribution in [0, 0.1) is 0 Å².